The van der Waals surface area contributed by atoms with Crippen molar-refractivity contribution in [3.63, 3.8) is 0 Å². The second-order valence-corrected chi connectivity index (χ2v) is 4.07. The van der Waals surface area contributed by atoms with Crippen molar-refractivity contribution in [1.29, 1.82) is 0 Å². The molecule has 1 heterocycles. The molecule has 9 nitrogen and oxygen atoms in total. The molecule has 1 aromatic carbocycles. The minimum Gasteiger partial charge on any atom is -0.739 e. The molecule has 0 amide bonds. The van der Waals surface area contributed by atoms with Crippen molar-refractivity contribution in [3.05, 3.63) is 28.6 Å². The molecule has 0 radical (unpaired) electrons. The monoisotopic (exact) mass is 282 g/mol. The molecule has 9 heteroatoms. The lowest BCUT2D eigenvalue weighted by Gasteiger charge is -2.14. The summed E-state index contributed by atoms with van der Waals surface area (Å²) in [7, 11) is 1.44. The van der Waals surface area contributed by atoms with Crippen LogP contribution in [0.2, 0.25) is 0 Å². The Balaban J connectivity index is 2.39. The van der Waals surface area contributed by atoms with Gasteiger partial charge in [-0.1, -0.05) is 6.07 Å². The highest BCUT2D eigenvalue weighted by molar-refractivity contribution is 5.75. The topological polar surface area (TPSA) is 131 Å². The molecule has 0 aliphatic heterocycles. The van der Waals surface area contributed by atoms with E-state index < -0.39 is 12.1 Å². The van der Waals surface area contributed by atoms with Gasteiger partial charge in [0, 0.05) is 18.0 Å². The number of nitrogen functional groups attached to an aromatic ring is 1. The van der Waals surface area contributed by atoms with Crippen LogP contribution in [0.5, 0.6) is 5.75 Å². The number of benzene rings is 1. The zero-order valence-electron chi connectivity index (χ0n) is 10.7. The first-order valence-electron chi connectivity index (χ1n) is 5.76. The van der Waals surface area contributed by atoms with Crippen LogP contribution >= 0.6 is 0 Å². The minimum atomic E-state index is -0.853. The summed E-state index contributed by atoms with van der Waals surface area (Å²) < 4.78 is 10.4. The summed E-state index contributed by atoms with van der Waals surface area (Å²) in [6.45, 7) is 0.00142. The number of para-hydroxylation sites is 1. The summed E-state index contributed by atoms with van der Waals surface area (Å²) in [5.74, 6) is -0.354. The minimum absolute atomic E-state index is 0.0212. The Morgan fingerprint density at radius 2 is 2.15 bits per heavy atom. The fourth-order valence-corrected chi connectivity index (χ4v) is 1.71. The van der Waals surface area contributed by atoms with Crippen molar-refractivity contribution in [2.45, 2.75) is 6.10 Å². The van der Waals surface area contributed by atoms with Gasteiger partial charge in [0.15, 0.2) is 5.75 Å². The van der Waals surface area contributed by atoms with Crippen molar-refractivity contribution in [3.8, 4) is 5.75 Å². The highest BCUT2D eigenvalue weighted by Gasteiger charge is 2.21. The molecule has 1 unspecified atom stereocenters. The first kappa shape index (κ1) is 14.0. The summed E-state index contributed by atoms with van der Waals surface area (Å²) in [5, 5.41) is 36.3. The first-order chi connectivity index (χ1) is 9.54. The van der Waals surface area contributed by atoms with Gasteiger partial charge in [0.1, 0.15) is 12.7 Å². The van der Waals surface area contributed by atoms with Crippen LogP contribution in [0.1, 0.15) is 0 Å². The Hall–Kier alpha value is -2.39. The Labute approximate surface area is 113 Å². The fraction of sp³-hybridized carbons (Fsp3) is 0.364. The van der Waals surface area contributed by atoms with Crippen LogP contribution in [0.15, 0.2) is 18.2 Å². The predicted molar refractivity (Wildman–Crippen MR) is 67.5 cm³/mol. The van der Waals surface area contributed by atoms with E-state index in [2.05, 4.69) is 5.10 Å². The summed E-state index contributed by atoms with van der Waals surface area (Å²) >= 11 is 0. The van der Waals surface area contributed by atoms with E-state index in [0.29, 0.717) is 4.73 Å². The lowest BCUT2D eigenvalue weighted by atomic mass is 10.3. The van der Waals surface area contributed by atoms with Crippen LogP contribution in [-0.2, 0) is 4.74 Å². The summed E-state index contributed by atoms with van der Waals surface area (Å²) in [6, 6.07) is 4.45. The third-order valence-corrected chi connectivity index (χ3v) is 2.58. The number of ether oxygens (including phenoxy) is 2. The van der Waals surface area contributed by atoms with E-state index in [1.54, 1.807) is 0 Å². The lowest BCUT2D eigenvalue weighted by molar-refractivity contribution is -0.672. The van der Waals surface area contributed by atoms with Gasteiger partial charge >= 0.3 is 11.5 Å². The van der Waals surface area contributed by atoms with Crippen molar-refractivity contribution in [1.82, 2.24) is 5.10 Å². The zero-order chi connectivity index (χ0) is 14.7. The number of rotatable bonds is 5. The molecule has 2 rings (SSSR count). The maximum Gasteiger partial charge on any atom is 0.458 e. The number of hydrogen-bond acceptors (Lipinski definition) is 7. The molecule has 108 valence electrons. The summed E-state index contributed by atoms with van der Waals surface area (Å²) in [4.78, 5) is 0.248. The van der Waals surface area contributed by atoms with Crippen LogP contribution < -0.4 is 20.0 Å². The predicted octanol–water partition coefficient (Wildman–Crippen LogP) is -1.53. The van der Waals surface area contributed by atoms with E-state index in [9.17, 15) is 15.5 Å². The number of aromatic nitrogens is 3. The van der Waals surface area contributed by atoms with Gasteiger partial charge in [0.2, 0.25) is 10.6 Å². The number of anilines is 1. The Bertz CT molecular complexity index is 621. The molecule has 0 saturated carbocycles. The largest absolute Gasteiger partial charge is 0.739 e. The smallest absolute Gasteiger partial charge is 0.458 e. The number of methoxy groups -OCH3 is 1. The normalized spacial score (nSPS) is 12.5. The van der Waals surface area contributed by atoms with Gasteiger partial charge in [-0.3, -0.25) is 5.73 Å². The van der Waals surface area contributed by atoms with Gasteiger partial charge in [-0.15, -0.1) is 0 Å². The molecule has 0 aliphatic rings. The third kappa shape index (κ3) is 2.63. The molecular weight excluding hydrogens is 268 g/mol. The quantitative estimate of drug-likeness (QED) is 0.502. The van der Waals surface area contributed by atoms with Crippen LogP contribution in [0.4, 0.5) is 5.95 Å². The summed E-state index contributed by atoms with van der Waals surface area (Å²) in [6.07, 6.45) is -0.853. The number of nitrogens with two attached hydrogens (primary N) is 1. The van der Waals surface area contributed by atoms with Gasteiger partial charge in [-0.2, -0.15) is 0 Å². The number of fused-ring (bicyclic) bond motifs is 1. The van der Waals surface area contributed by atoms with E-state index in [0.717, 1.165) is 0 Å². The van der Waals surface area contributed by atoms with Gasteiger partial charge in [0.25, 0.3) is 0 Å². The average molecular weight is 282 g/mol. The Kier molecular flexibility index (Phi) is 4.01. The fourth-order valence-electron chi connectivity index (χ4n) is 1.71. The lowest BCUT2D eigenvalue weighted by Crippen LogP contribution is -2.44. The highest BCUT2D eigenvalue weighted by Crippen LogP contribution is 2.20. The van der Waals surface area contributed by atoms with E-state index in [-0.39, 0.29) is 34.8 Å². The van der Waals surface area contributed by atoms with Gasteiger partial charge in [0.05, 0.1) is 6.61 Å². The zero-order valence-corrected chi connectivity index (χ0v) is 10.7. The Morgan fingerprint density at radius 1 is 1.40 bits per heavy atom. The molecule has 3 N–H and O–H groups in total. The molecule has 20 heavy (non-hydrogen) atoms. The maximum atomic E-state index is 11.9. The van der Waals surface area contributed by atoms with Crippen LogP contribution in [0.25, 0.3) is 11.0 Å². The second kappa shape index (κ2) is 5.72. The standard InChI is InChI=1S/C11H14N4O5/c1-19-5-7(16)6-20-9-4-2-3-8-10(9)14(17)11(12)13-15(8)18/h2-4,7,16H,5-6H2,1H3,(H2,12,13). The molecule has 0 aliphatic carbocycles. The van der Waals surface area contributed by atoms with E-state index in [1.807, 2.05) is 0 Å². The molecule has 0 bridgehead atoms. The highest BCUT2D eigenvalue weighted by atomic mass is 16.5. The number of aliphatic hydroxyl groups is 1. The third-order valence-electron chi connectivity index (χ3n) is 2.58. The number of aliphatic hydroxyl groups excluding tert-OH is 1. The number of nitrogens with zero attached hydrogens (tertiary/aromatic N) is 3. The van der Waals surface area contributed by atoms with E-state index >= 15 is 0 Å². The van der Waals surface area contributed by atoms with Crippen molar-refractivity contribution >= 4 is 17.0 Å². The van der Waals surface area contributed by atoms with E-state index in [4.69, 9.17) is 15.2 Å². The van der Waals surface area contributed by atoms with Crippen molar-refractivity contribution in [2.24, 2.45) is 0 Å². The first-order valence-corrected chi connectivity index (χ1v) is 5.76. The average Bonchev–Trinajstić information content (AvgIpc) is 2.42. The molecule has 0 saturated heterocycles. The van der Waals surface area contributed by atoms with Crippen molar-refractivity contribution < 1.29 is 24.2 Å². The second-order valence-electron chi connectivity index (χ2n) is 4.07. The molecule has 0 spiro atoms. The maximum absolute atomic E-state index is 11.9. The Morgan fingerprint density at radius 3 is 2.85 bits per heavy atom. The van der Waals surface area contributed by atoms with Crippen LogP contribution in [0, 0.1) is 10.4 Å². The van der Waals surface area contributed by atoms with Crippen LogP contribution in [-0.4, -0.2) is 36.6 Å². The van der Waals surface area contributed by atoms with Crippen LogP contribution in [0.3, 0.4) is 0 Å². The molecular formula is C11H14N4O5. The van der Waals surface area contributed by atoms with Crippen molar-refractivity contribution in [2.75, 3.05) is 26.1 Å². The van der Waals surface area contributed by atoms with Gasteiger partial charge in [-0.05, 0) is 6.07 Å². The molecule has 2 aromatic rings. The van der Waals surface area contributed by atoms with Gasteiger partial charge < -0.3 is 25.0 Å². The van der Waals surface area contributed by atoms with Gasteiger partial charge in [-0.25, -0.2) is 4.73 Å². The van der Waals surface area contributed by atoms with E-state index in [1.165, 1.54) is 25.3 Å². The molecule has 1 aromatic heterocycles. The number of hydrogen-bond donors (Lipinski definition) is 2. The molecule has 0 fully saturated rings. The SMILES string of the molecule is COCC(O)COc1cccc2c1[n+]([O-])c(N)n[n+]2[O-]. The molecule has 1 atom stereocenters. The summed E-state index contributed by atoms with van der Waals surface area (Å²) in [5.41, 5.74) is 5.33.